The van der Waals surface area contributed by atoms with Gasteiger partial charge in [0.25, 0.3) is 5.91 Å². The number of benzene rings is 4. The number of hydrogen-bond acceptors (Lipinski definition) is 5. The molecule has 0 aliphatic heterocycles. The van der Waals surface area contributed by atoms with Crippen LogP contribution >= 0.6 is 0 Å². The molecule has 1 aliphatic rings. The van der Waals surface area contributed by atoms with E-state index < -0.39 is 17.9 Å². The minimum atomic E-state index is -1.17. The van der Waals surface area contributed by atoms with Gasteiger partial charge in [0.05, 0.1) is 16.6 Å². The largest absolute Gasteiger partial charge is 0.508 e. The van der Waals surface area contributed by atoms with Gasteiger partial charge in [0.15, 0.2) is 0 Å². The van der Waals surface area contributed by atoms with Gasteiger partial charge in [0.2, 0.25) is 0 Å². The highest BCUT2D eigenvalue weighted by Gasteiger charge is 2.26. The lowest BCUT2D eigenvalue weighted by Gasteiger charge is -2.25. The predicted octanol–water partition coefficient (Wildman–Crippen LogP) is 8.04. The highest BCUT2D eigenvalue weighted by Crippen LogP contribution is 2.37. The van der Waals surface area contributed by atoms with E-state index >= 15 is 0 Å². The molecule has 4 aromatic carbocycles. The van der Waals surface area contributed by atoms with Crippen molar-refractivity contribution in [3.63, 3.8) is 0 Å². The Morgan fingerprint density at radius 3 is 2.53 bits per heavy atom. The molecular weight excluding hydrogens is 614 g/mol. The summed E-state index contributed by atoms with van der Waals surface area (Å²) in [6, 6.07) is 28.1. The number of aliphatic carboxylic acids is 1. The second-order valence-corrected chi connectivity index (χ2v) is 12.9. The lowest BCUT2D eigenvalue weighted by Crippen LogP contribution is -2.42. The topological polar surface area (TPSA) is 133 Å². The molecule has 1 saturated carbocycles. The van der Waals surface area contributed by atoms with Gasteiger partial charge < -0.3 is 25.1 Å². The van der Waals surface area contributed by atoms with Gasteiger partial charge >= 0.3 is 5.97 Å². The average Bonchev–Trinajstić information content (AvgIpc) is 3.72. The molecule has 1 aliphatic carbocycles. The van der Waals surface area contributed by atoms with Gasteiger partial charge in [-0.05, 0) is 72.5 Å². The van der Waals surface area contributed by atoms with Crippen LogP contribution in [0.25, 0.3) is 55.4 Å². The second kappa shape index (κ2) is 12.6. The van der Waals surface area contributed by atoms with Crippen LogP contribution in [0.15, 0.2) is 103 Å². The number of aromatic amines is 1. The van der Waals surface area contributed by atoms with Crippen LogP contribution in [0.2, 0.25) is 0 Å². The quantitative estimate of drug-likeness (QED) is 0.132. The molecule has 9 nitrogen and oxygen atoms in total. The molecule has 4 N–H and O–H groups in total. The SMILES string of the molecule is O=C(N[C@@H](Cc1c[nH]c2ccc(O)cc12)C(=O)O)c1ccc2c(c1)nc(-c1ccc3cc(-c4ccccc4)cnc3c1)n2C1CCCCC1. The maximum Gasteiger partial charge on any atom is 0.326 e. The second-order valence-electron chi connectivity index (χ2n) is 12.9. The number of phenolic OH excluding ortho intramolecular Hbond substituents is 1. The summed E-state index contributed by atoms with van der Waals surface area (Å²) in [5.74, 6) is -0.716. The molecule has 1 atom stereocenters. The highest BCUT2D eigenvalue weighted by molar-refractivity contribution is 6.00. The minimum Gasteiger partial charge on any atom is -0.508 e. The Kier molecular flexibility index (Phi) is 7.80. The first kappa shape index (κ1) is 30.4. The number of rotatable bonds is 8. The fraction of sp³-hybridized carbons (Fsp3) is 0.200. The van der Waals surface area contributed by atoms with Crippen LogP contribution in [0, 0.1) is 0 Å². The number of H-pyrrole nitrogens is 1. The number of pyridine rings is 1. The van der Waals surface area contributed by atoms with Crippen LogP contribution in [0.4, 0.5) is 0 Å². The number of imidazole rings is 1. The van der Waals surface area contributed by atoms with Gasteiger partial charge in [0.1, 0.15) is 17.6 Å². The van der Waals surface area contributed by atoms with Crippen LogP contribution in [0.3, 0.4) is 0 Å². The van der Waals surface area contributed by atoms with Crippen LogP contribution in [0.5, 0.6) is 5.75 Å². The number of nitrogens with zero attached hydrogens (tertiary/aromatic N) is 3. The molecule has 0 radical (unpaired) electrons. The van der Waals surface area contributed by atoms with E-state index in [2.05, 4.69) is 51.3 Å². The summed E-state index contributed by atoms with van der Waals surface area (Å²) in [7, 11) is 0. The Morgan fingerprint density at radius 1 is 0.878 bits per heavy atom. The molecule has 3 heterocycles. The molecular formula is C40H35N5O4. The summed E-state index contributed by atoms with van der Waals surface area (Å²) >= 11 is 0. The van der Waals surface area contributed by atoms with Crippen LogP contribution in [-0.2, 0) is 11.2 Å². The molecule has 9 heteroatoms. The van der Waals surface area contributed by atoms with Gasteiger partial charge in [-0.25, -0.2) is 9.78 Å². The maximum absolute atomic E-state index is 13.5. The molecule has 0 unspecified atom stereocenters. The number of phenols is 1. The third kappa shape index (κ3) is 5.88. The number of aromatic hydroxyl groups is 1. The molecule has 8 rings (SSSR count). The summed E-state index contributed by atoms with van der Waals surface area (Å²) in [4.78, 5) is 38.8. The van der Waals surface area contributed by atoms with Crippen LogP contribution < -0.4 is 5.32 Å². The van der Waals surface area contributed by atoms with Crippen molar-refractivity contribution >= 4 is 44.7 Å². The normalized spacial score (nSPS) is 14.4. The van der Waals surface area contributed by atoms with Gasteiger partial charge in [0, 0.05) is 57.8 Å². The van der Waals surface area contributed by atoms with Crippen molar-refractivity contribution in [2.24, 2.45) is 0 Å². The maximum atomic E-state index is 13.5. The molecule has 244 valence electrons. The number of nitrogens with one attached hydrogen (secondary N) is 2. The van der Waals surface area contributed by atoms with Crippen molar-refractivity contribution in [1.29, 1.82) is 0 Å². The standard InChI is InChI=1S/C40H35N5O4/c46-31-14-15-33-32(21-31)29(23-41-33)20-36(40(48)49)44-39(47)27-13-16-37-35(19-27)43-38(45(37)30-9-5-2-6-10-30)26-12-11-25-17-28(22-42-34(25)18-26)24-7-3-1-4-8-24/h1,3-4,7-8,11-19,21-23,30,36,41,46H,2,5-6,9-10,20H2,(H,44,47)(H,48,49)/t36-/m0/s1. The molecule has 0 spiro atoms. The zero-order valence-electron chi connectivity index (χ0n) is 26.8. The molecule has 49 heavy (non-hydrogen) atoms. The van der Waals surface area contributed by atoms with E-state index in [9.17, 15) is 19.8 Å². The van der Waals surface area contributed by atoms with Crippen LogP contribution in [0.1, 0.15) is 54.1 Å². The van der Waals surface area contributed by atoms with Crippen molar-refractivity contribution in [3.8, 4) is 28.3 Å². The number of carbonyl (C=O) groups excluding carboxylic acids is 1. The number of aromatic nitrogens is 4. The third-order valence-corrected chi connectivity index (χ3v) is 9.72. The Labute approximate surface area is 282 Å². The van der Waals surface area contributed by atoms with E-state index in [4.69, 9.17) is 9.97 Å². The van der Waals surface area contributed by atoms with E-state index in [1.807, 2.05) is 30.5 Å². The van der Waals surface area contributed by atoms with Gasteiger partial charge in [-0.15, -0.1) is 0 Å². The average molecular weight is 650 g/mol. The summed E-state index contributed by atoms with van der Waals surface area (Å²) in [5, 5.41) is 24.5. The predicted molar refractivity (Wildman–Crippen MR) is 191 cm³/mol. The zero-order chi connectivity index (χ0) is 33.5. The smallest absolute Gasteiger partial charge is 0.326 e. The Bertz CT molecular complexity index is 2350. The van der Waals surface area contributed by atoms with Crippen molar-refractivity contribution < 1.29 is 19.8 Å². The van der Waals surface area contributed by atoms with Crippen molar-refractivity contribution in [2.45, 2.75) is 50.6 Å². The van der Waals surface area contributed by atoms with Gasteiger partial charge in [-0.1, -0.05) is 61.7 Å². The van der Waals surface area contributed by atoms with E-state index in [1.165, 1.54) is 6.42 Å². The van der Waals surface area contributed by atoms with Gasteiger partial charge in [-0.2, -0.15) is 0 Å². The summed E-state index contributed by atoms with van der Waals surface area (Å²) in [5.41, 5.74) is 7.44. The summed E-state index contributed by atoms with van der Waals surface area (Å²) in [6.45, 7) is 0. The first-order chi connectivity index (χ1) is 23.9. The number of carbonyl (C=O) groups is 2. The summed E-state index contributed by atoms with van der Waals surface area (Å²) < 4.78 is 2.32. The monoisotopic (exact) mass is 649 g/mol. The van der Waals surface area contributed by atoms with E-state index in [-0.39, 0.29) is 18.2 Å². The molecule has 1 fully saturated rings. The van der Waals surface area contributed by atoms with Gasteiger partial charge in [-0.3, -0.25) is 9.78 Å². The Morgan fingerprint density at radius 2 is 1.71 bits per heavy atom. The molecule has 0 saturated heterocycles. The zero-order valence-corrected chi connectivity index (χ0v) is 26.8. The van der Waals surface area contributed by atoms with E-state index in [1.54, 1.807) is 36.5 Å². The lowest BCUT2D eigenvalue weighted by molar-refractivity contribution is -0.139. The number of fused-ring (bicyclic) bond motifs is 3. The fourth-order valence-electron chi connectivity index (χ4n) is 7.20. The summed E-state index contributed by atoms with van der Waals surface area (Å²) in [6.07, 6.45) is 9.30. The third-order valence-electron chi connectivity index (χ3n) is 9.72. The first-order valence-corrected chi connectivity index (χ1v) is 16.7. The first-order valence-electron chi connectivity index (χ1n) is 16.7. The van der Waals surface area contributed by atoms with Crippen LogP contribution in [-0.4, -0.2) is 47.7 Å². The Hall–Kier alpha value is -5.96. The lowest BCUT2D eigenvalue weighted by atomic mass is 9.94. The van der Waals surface area contributed by atoms with E-state index in [0.29, 0.717) is 22.0 Å². The number of amides is 1. The molecule has 1 amide bonds. The molecule has 0 bridgehead atoms. The van der Waals surface area contributed by atoms with Crippen molar-refractivity contribution in [3.05, 3.63) is 115 Å². The molecule has 3 aromatic heterocycles. The fourth-order valence-corrected chi connectivity index (χ4v) is 7.20. The van der Waals surface area contributed by atoms with E-state index in [0.717, 1.165) is 70.1 Å². The molecule has 7 aromatic rings. The number of carboxylic acid groups (broad SMARTS) is 1. The van der Waals surface area contributed by atoms with Crippen molar-refractivity contribution in [1.82, 2.24) is 24.8 Å². The highest BCUT2D eigenvalue weighted by atomic mass is 16.4. The van der Waals surface area contributed by atoms with Crippen molar-refractivity contribution in [2.75, 3.05) is 0 Å². The number of carboxylic acids is 1. The number of hydrogen-bond donors (Lipinski definition) is 4. The Balaban J connectivity index is 1.12. The minimum absolute atomic E-state index is 0.0517.